The Bertz CT molecular complexity index is 930. The topological polar surface area (TPSA) is 226 Å². The first-order valence-corrected chi connectivity index (χ1v) is 13.6. The lowest BCUT2D eigenvalue weighted by Gasteiger charge is -2.19. The lowest BCUT2D eigenvalue weighted by molar-refractivity contribution is -0.141. The fraction of sp³-hybridized carbons (Fsp3) is 0.536. The van der Waals surface area contributed by atoms with Crippen LogP contribution in [0.5, 0.6) is 0 Å². The van der Waals surface area contributed by atoms with Crippen molar-refractivity contribution in [2.24, 2.45) is 11.7 Å². The first-order chi connectivity index (χ1) is 20.0. The zero-order chi connectivity index (χ0) is 32.9. The molecule has 0 aliphatic rings. The van der Waals surface area contributed by atoms with Crippen LogP contribution >= 0.6 is 0 Å². The van der Waals surface area contributed by atoms with Gasteiger partial charge in [0.15, 0.2) is 0 Å². The summed E-state index contributed by atoms with van der Waals surface area (Å²) in [5, 5.41) is 21.6. The van der Waals surface area contributed by atoms with Gasteiger partial charge in [0.25, 0.3) is 0 Å². The Labute approximate surface area is 247 Å². The molecule has 0 saturated heterocycles. The van der Waals surface area contributed by atoms with E-state index in [1.165, 1.54) is 6.92 Å². The van der Waals surface area contributed by atoms with E-state index in [1.807, 2.05) is 44.2 Å². The molecular formula is C28H48N6O8. The van der Waals surface area contributed by atoms with E-state index in [4.69, 9.17) is 9.90 Å². The summed E-state index contributed by atoms with van der Waals surface area (Å²) in [6.45, 7) is 7.61. The summed E-state index contributed by atoms with van der Waals surface area (Å²) in [6.07, 6.45) is 1.26. The Morgan fingerprint density at radius 1 is 0.952 bits per heavy atom. The highest BCUT2D eigenvalue weighted by molar-refractivity contribution is 5.90. The molecule has 5 amide bonds. The van der Waals surface area contributed by atoms with Crippen LogP contribution in [0.25, 0.3) is 0 Å². The summed E-state index contributed by atoms with van der Waals surface area (Å²) in [5.74, 6) is -3.20. The van der Waals surface area contributed by atoms with Gasteiger partial charge in [-0.05, 0) is 25.5 Å². The van der Waals surface area contributed by atoms with E-state index in [9.17, 15) is 28.8 Å². The SMILES string of the molecule is CC.CCC(NC(=O)C(C)CC(=O)O)C(=O)NCCC(=O)NC(C=O)Cc1ccccc1.CNCC(=O)NC.NC=O. The molecule has 0 aromatic heterocycles. The van der Waals surface area contributed by atoms with E-state index >= 15 is 0 Å². The van der Waals surface area contributed by atoms with Crippen molar-refractivity contribution in [3.8, 4) is 0 Å². The predicted octanol–water partition coefficient (Wildman–Crippen LogP) is -0.496. The first-order valence-electron chi connectivity index (χ1n) is 13.6. The van der Waals surface area contributed by atoms with Crippen LogP contribution in [0.15, 0.2) is 30.3 Å². The number of nitrogens with one attached hydrogen (secondary N) is 5. The van der Waals surface area contributed by atoms with Gasteiger partial charge in [-0.1, -0.05) is 58.0 Å². The predicted molar refractivity (Wildman–Crippen MR) is 159 cm³/mol. The summed E-state index contributed by atoms with van der Waals surface area (Å²) < 4.78 is 0. The average molecular weight is 597 g/mol. The van der Waals surface area contributed by atoms with E-state index in [-0.39, 0.29) is 37.6 Å². The number of nitrogens with two attached hydrogens (primary N) is 1. The largest absolute Gasteiger partial charge is 0.481 e. The fourth-order valence-corrected chi connectivity index (χ4v) is 2.97. The molecule has 1 aromatic rings. The molecule has 0 heterocycles. The number of amides is 5. The van der Waals surface area contributed by atoms with Crippen LogP contribution in [0.3, 0.4) is 0 Å². The normalized spacial score (nSPS) is 11.4. The van der Waals surface area contributed by atoms with Gasteiger partial charge in [-0.15, -0.1) is 0 Å². The number of aldehydes is 1. The molecule has 0 aliphatic carbocycles. The Morgan fingerprint density at radius 2 is 1.52 bits per heavy atom. The van der Waals surface area contributed by atoms with Crippen molar-refractivity contribution in [3.05, 3.63) is 35.9 Å². The molecule has 0 saturated carbocycles. The summed E-state index contributed by atoms with van der Waals surface area (Å²) in [5.41, 5.74) is 5.09. The van der Waals surface area contributed by atoms with Crippen molar-refractivity contribution in [3.63, 3.8) is 0 Å². The molecule has 42 heavy (non-hydrogen) atoms. The number of carbonyl (C=O) groups excluding carboxylic acids is 6. The molecule has 0 spiro atoms. The number of carboxylic acid groups (broad SMARTS) is 1. The maximum absolute atomic E-state index is 12.2. The molecular weight excluding hydrogens is 548 g/mol. The minimum Gasteiger partial charge on any atom is -0.481 e. The van der Waals surface area contributed by atoms with Crippen LogP contribution in [-0.4, -0.2) is 86.7 Å². The van der Waals surface area contributed by atoms with Crippen molar-refractivity contribution in [1.82, 2.24) is 26.6 Å². The summed E-state index contributed by atoms with van der Waals surface area (Å²) >= 11 is 0. The summed E-state index contributed by atoms with van der Waals surface area (Å²) in [4.78, 5) is 77.0. The minimum absolute atomic E-state index is 0.0162. The van der Waals surface area contributed by atoms with E-state index in [0.29, 0.717) is 25.7 Å². The van der Waals surface area contributed by atoms with Crippen LogP contribution in [0, 0.1) is 5.92 Å². The number of rotatable bonds is 15. The van der Waals surface area contributed by atoms with Crippen LogP contribution < -0.4 is 32.3 Å². The second-order valence-electron chi connectivity index (χ2n) is 8.35. The number of hydrogen-bond donors (Lipinski definition) is 7. The number of aliphatic carboxylic acids is 1. The van der Waals surface area contributed by atoms with E-state index in [0.717, 1.165) is 5.56 Å². The van der Waals surface area contributed by atoms with Gasteiger partial charge in [-0.25, -0.2) is 0 Å². The van der Waals surface area contributed by atoms with Crippen molar-refractivity contribution in [1.29, 1.82) is 0 Å². The smallest absolute Gasteiger partial charge is 0.304 e. The number of hydrogen-bond acceptors (Lipinski definition) is 8. The van der Waals surface area contributed by atoms with Crippen molar-refractivity contribution >= 4 is 42.3 Å². The zero-order valence-electron chi connectivity index (χ0n) is 25.4. The standard InChI is InChI=1S/C21H29N3O6.C4H10N2O.C2H6.CH3NO/c1-3-17(24-20(29)14(2)11-19(27)28)21(30)22-10-9-18(26)23-16(13-25)12-15-7-5-4-6-8-15;1-5-3-4(7)6-2;1-2;2-1-3/h4-8,13-14,16-17H,3,9-12H2,1-2H3,(H,22,30)(H,23,26)(H,24,29)(H,27,28);5H,3H2,1-2H3,(H,6,7);1-2H3;1H,(H2,2,3). The van der Waals surface area contributed by atoms with Crippen LogP contribution in [0.1, 0.15) is 52.5 Å². The minimum atomic E-state index is -1.10. The van der Waals surface area contributed by atoms with E-state index in [2.05, 4.69) is 32.3 Å². The molecule has 3 unspecified atom stereocenters. The van der Waals surface area contributed by atoms with Gasteiger partial charge in [0.05, 0.1) is 19.0 Å². The lowest BCUT2D eigenvalue weighted by atomic mass is 10.1. The fourth-order valence-electron chi connectivity index (χ4n) is 2.97. The van der Waals surface area contributed by atoms with Gasteiger partial charge < -0.3 is 42.2 Å². The number of carbonyl (C=O) groups is 7. The summed E-state index contributed by atoms with van der Waals surface area (Å²) in [7, 11) is 3.34. The Morgan fingerprint density at radius 3 is 1.95 bits per heavy atom. The van der Waals surface area contributed by atoms with Gasteiger partial charge in [-0.3, -0.25) is 28.8 Å². The molecule has 14 heteroatoms. The maximum atomic E-state index is 12.2. The van der Waals surface area contributed by atoms with Crippen molar-refractivity contribution in [2.75, 3.05) is 27.2 Å². The zero-order valence-corrected chi connectivity index (χ0v) is 25.4. The average Bonchev–Trinajstić information content (AvgIpc) is 2.97. The third-order valence-corrected chi connectivity index (χ3v) is 5.05. The van der Waals surface area contributed by atoms with Gasteiger partial charge in [0.2, 0.25) is 30.0 Å². The molecule has 0 fully saturated rings. The Hall–Kier alpha value is -4.33. The van der Waals surface area contributed by atoms with Gasteiger partial charge in [-0.2, -0.15) is 0 Å². The van der Waals surface area contributed by atoms with Crippen LogP contribution in [0.4, 0.5) is 0 Å². The van der Waals surface area contributed by atoms with Gasteiger partial charge >= 0.3 is 5.97 Å². The number of carboxylic acids is 1. The highest BCUT2D eigenvalue weighted by atomic mass is 16.4. The second-order valence-corrected chi connectivity index (χ2v) is 8.35. The van der Waals surface area contributed by atoms with Gasteiger partial charge in [0, 0.05) is 25.9 Å². The molecule has 1 aromatic carbocycles. The summed E-state index contributed by atoms with van der Waals surface area (Å²) in [6, 6.07) is 7.80. The number of benzene rings is 1. The maximum Gasteiger partial charge on any atom is 0.304 e. The van der Waals surface area contributed by atoms with E-state index < -0.39 is 35.8 Å². The van der Waals surface area contributed by atoms with Gasteiger partial charge in [0.1, 0.15) is 12.3 Å². The molecule has 0 bridgehead atoms. The van der Waals surface area contributed by atoms with E-state index in [1.54, 1.807) is 21.0 Å². The number of likely N-dealkylation sites (N-methyl/N-ethyl adjacent to an activating group) is 2. The Balaban J connectivity index is -0.00000107. The molecule has 8 N–H and O–H groups in total. The molecule has 3 atom stereocenters. The van der Waals surface area contributed by atoms with Crippen LogP contribution in [0.2, 0.25) is 0 Å². The quantitative estimate of drug-likeness (QED) is 0.129. The molecule has 238 valence electrons. The lowest BCUT2D eigenvalue weighted by Crippen LogP contribution is -2.48. The highest BCUT2D eigenvalue weighted by Gasteiger charge is 2.23. The number of primary amides is 1. The van der Waals surface area contributed by atoms with Crippen molar-refractivity contribution < 1.29 is 38.7 Å². The third-order valence-electron chi connectivity index (χ3n) is 5.05. The van der Waals surface area contributed by atoms with Crippen molar-refractivity contribution in [2.45, 2.75) is 65.5 Å². The molecule has 0 aliphatic heterocycles. The van der Waals surface area contributed by atoms with Crippen LogP contribution in [-0.2, 0) is 40.0 Å². The second kappa shape index (κ2) is 28.2. The Kier molecular flexibility index (Phi) is 28.3. The first kappa shape index (κ1) is 42.1. The molecule has 1 rings (SSSR count). The highest BCUT2D eigenvalue weighted by Crippen LogP contribution is 2.04. The third kappa shape index (κ3) is 23.5. The monoisotopic (exact) mass is 596 g/mol. The molecule has 0 radical (unpaired) electrons. The molecule has 14 nitrogen and oxygen atoms in total.